The number of carbonyl (C=O) groups excluding carboxylic acids is 2. The minimum Gasteiger partial charge on any atom is -0.459 e. The van der Waals surface area contributed by atoms with Gasteiger partial charge in [-0.25, -0.2) is 4.79 Å². The van der Waals surface area contributed by atoms with Gasteiger partial charge in [0.2, 0.25) is 0 Å². The summed E-state index contributed by atoms with van der Waals surface area (Å²) in [6.45, 7) is 9.46. The van der Waals surface area contributed by atoms with E-state index >= 15 is 0 Å². The van der Waals surface area contributed by atoms with Crippen LogP contribution < -0.4 is 10.6 Å². The number of hydrogen-bond donors (Lipinski definition) is 3. The summed E-state index contributed by atoms with van der Waals surface area (Å²) in [5.74, 6) is -0.185. The van der Waals surface area contributed by atoms with Gasteiger partial charge in [-0.15, -0.1) is 0 Å². The van der Waals surface area contributed by atoms with Crippen molar-refractivity contribution in [3.8, 4) is 0 Å². The van der Waals surface area contributed by atoms with Crippen LogP contribution in [-0.4, -0.2) is 59.4 Å². The molecule has 9 heteroatoms. The Morgan fingerprint density at radius 2 is 1.74 bits per heavy atom. The van der Waals surface area contributed by atoms with Crippen LogP contribution in [0.5, 0.6) is 0 Å². The molecule has 212 valence electrons. The molecule has 39 heavy (non-hydrogen) atoms. The van der Waals surface area contributed by atoms with Crippen molar-refractivity contribution in [2.45, 2.75) is 83.7 Å². The van der Waals surface area contributed by atoms with Crippen molar-refractivity contribution in [2.24, 2.45) is 0 Å². The highest BCUT2D eigenvalue weighted by Gasteiger charge is 2.38. The molecule has 3 N–H and O–H groups in total. The maximum Gasteiger partial charge on any atom is 0.323 e. The van der Waals surface area contributed by atoms with E-state index in [9.17, 15) is 14.7 Å². The van der Waals surface area contributed by atoms with E-state index in [1.54, 1.807) is 0 Å². The molecule has 2 aromatic carbocycles. The molecule has 2 aliphatic rings. The highest BCUT2D eigenvalue weighted by molar-refractivity contribution is 5.89. The molecule has 4 atom stereocenters. The first-order chi connectivity index (χ1) is 18.6. The van der Waals surface area contributed by atoms with Gasteiger partial charge >= 0.3 is 12.0 Å². The number of anilines is 1. The van der Waals surface area contributed by atoms with E-state index in [1.165, 1.54) is 0 Å². The second-order valence-electron chi connectivity index (χ2n) is 11.1. The average Bonchev–Trinajstić information content (AvgIpc) is 3.36. The van der Waals surface area contributed by atoms with Crippen LogP contribution >= 0.6 is 0 Å². The monoisotopic (exact) mass is 539 g/mol. The number of esters is 1. The van der Waals surface area contributed by atoms with Crippen LogP contribution in [0, 0.1) is 0 Å². The van der Waals surface area contributed by atoms with E-state index in [0.29, 0.717) is 25.2 Å². The van der Waals surface area contributed by atoms with Gasteiger partial charge in [0.05, 0.1) is 18.8 Å². The summed E-state index contributed by atoms with van der Waals surface area (Å²) in [5.41, 5.74) is 2.82. The highest BCUT2D eigenvalue weighted by Crippen LogP contribution is 2.39. The SMILES string of the molecule is CCNC(=O)Nc1ccc([C@@H]2O[C@H](CN3CCC[C@H]3C(=O)OC(C)(C)C)C[C@H](c3ccc(CO)cc3)O2)cc1. The molecule has 0 bridgehead atoms. The van der Waals surface area contributed by atoms with Gasteiger partial charge in [-0.05, 0) is 70.3 Å². The summed E-state index contributed by atoms with van der Waals surface area (Å²) in [5, 5.41) is 15.0. The maximum absolute atomic E-state index is 12.9. The van der Waals surface area contributed by atoms with Crippen molar-refractivity contribution in [1.29, 1.82) is 0 Å². The summed E-state index contributed by atoms with van der Waals surface area (Å²) >= 11 is 0. The number of rotatable bonds is 8. The summed E-state index contributed by atoms with van der Waals surface area (Å²) < 4.78 is 18.6. The predicted molar refractivity (Wildman–Crippen MR) is 148 cm³/mol. The van der Waals surface area contributed by atoms with E-state index in [-0.39, 0.29) is 36.9 Å². The Morgan fingerprint density at radius 1 is 1.05 bits per heavy atom. The first-order valence-corrected chi connectivity index (χ1v) is 13.8. The molecule has 0 saturated carbocycles. The van der Waals surface area contributed by atoms with Crippen LogP contribution in [0.2, 0.25) is 0 Å². The second-order valence-corrected chi connectivity index (χ2v) is 11.1. The molecule has 2 fully saturated rings. The number of hydrogen-bond acceptors (Lipinski definition) is 7. The third kappa shape index (κ3) is 8.02. The number of nitrogens with zero attached hydrogens (tertiary/aromatic N) is 1. The molecule has 2 saturated heterocycles. The van der Waals surface area contributed by atoms with Gasteiger partial charge < -0.3 is 30.0 Å². The zero-order valence-electron chi connectivity index (χ0n) is 23.3. The number of amides is 2. The Kier molecular flexibility index (Phi) is 9.61. The van der Waals surface area contributed by atoms with Crippen LogP contribution in [-0.2, 0) is 25.6 Å². The number of aliphatic hydroxyl groups is 1. The lowest BCUT2D eigenvalue weighted by Crippen LogP contribution is -2.45. The topological polar surface area (TPSA) is 109 Å². The average molecular weight is 540 g/mol. The van der Waals surface area contributed by atoms with Gasteiger partial charge in [0.1, 0.15) is 11.6 Å². The summed E-state index contributed by atoms with van der Waals surface area (Å²) in [6.07, 6.45) is 1.31. The van der Waals surface area contributed by atoms with Crippen molar-refractivity contribution in [1.82, 2.24) is 10.2 Å². The number of ether oxygens (including phenoxy) is 3. The zero-order chi connectivity index (χ0) is 28.0. The molecule has 4 rings (SSSR count). The first kappa shape index (κ1) is 29.0. The van der Waals surface area contributed by atoms with Crippen molar-refractivity contribution in [2.75, 3.05) is 25.0 Å². The third-order valence-corrected chi connectivity index (χ3v) is 6.87. The van der Waals surface area contributed by atoms with Crippen LogP contribution in [0.3, 0.4) is 0 Å². The van der Waals surface area contributed by atoms with Crippen molar-refractivity contribution in [3.63, 3.8) is 0 Å². The molecule has 0 unspecified atom stereocenters. The number of benzene rings is 2. The first-order valence-electron chi connectivity index (χ1n) is 13.8. The number of urea groups is 1. The van der Waals surface area contributed by atoms with Gasteiger partial charge in [0.15, 0.2) is 6.29 Å². The smallest absolute Gasteiger partial charge is 0.323 e. The van der Waals surface area contributed by atoms with E-state index in [4.69, 9.17) is 14.2 Å². The lowest BCUT2D eigenvalue weighted by Gasteiger charge is -2.38. The van der Waals surface area contributed by atoms with E-state index < -0.39 is 11.9 Å². The molecule has 9 nitrogen and oxygen atoms in total. The van der Waals surface area contributed by atoms with Crippen LogP contribution in [0.15, 0.2) is 48.5 Å². The molecule has 2 heterocycles. The lowest BCUT2D eigenvalue weighted by molar-refractivity contribution is -0.253. The van der Waals surface area contributed by atoms with Crippen LogP contribution in [0.1, 0.15) is 76.0 Å². The number of carbonyl (C=O) groups is 2. The highest BCUT2D eigenvalue weighted by atomic mass is 16.7. The Morgan fingerprint density at radius 3 is 2.38 bits per heavy atom. The van der Waals surface area contributed by atoms with Gasteiger partial charge in [0.25, 0.3) is 0 Å². The Balaban J connectivity index is 1.51. The fourth-order valence-electron chi connectivity index (χ4n) is 5.04. The molecule has 2 aromatic rings. The Hall–Kier alpha value is -2.98. The fraction of sp³-hybridized carbons (Fsp3) is 0.533. The van der Waals surface area contributed by atoms with E-state index in [2.05, 4.69) is 15.5 Å². The minimum absolute atomic E-state index is 0.0160. The molecule has 0 aliphatic carbocycles. The largest absolute Gasteiger partial charge is 0.459 e. The Labute approximate surface area is 230 Å². The summed E-state index contributed by atoms with van der Waals surface area (Å²) in [6, 6.07) is 14.7. The quantitative estimate of drug-likeness (QED) is 0.418. The zero-order valence-corrected chi connectivity index (χ0v) is 23.3. The number of likely N-dealkylation sites (tertiary alicyclic amines) is 1. The normalized spacial score (nSPS) is 23.8. The molecule has 0 aromatic heterocycles. The maximum atomic E-state index is 12.9. The predicted octanol–water partition coefficient (Wildman–Crippen LogP) is 4.67. The van der Waals surface area contributed by atoms with Crippen LogP contribution in [0.4, 0.5) is 10.5 Å². The van der Waals surface area contributed by atoms with E-state index in [1.807, 2.05) is 76.2 Å². The standard InChI is InChI=1S/C30H41N3O6/c1-5-31-29(36)32-23-14-12-22(13-15-23)28-37-24(17-26(38-28)21-10-8-20(19-34)9-11-21)18-33-16-6-7-25(33)27(35)39-30(2,3)4/h8-15,24-26,28,34H,5-7,16-19H2,1-4H3,(H2,31,32,36)/t24-,25-,26+,28+/m0/s1. The van der Waals surface area contributed by atoms with Crippen molar-refractivity contribution < 1.29 is 28.9 Å². The summed E-state index contributed by atoms with van der Waals surface area (Å²) in [7, 11) is 0. The third-order valence-electron chi connectivity index (χ3n) is 6.87. The van der Waals surface area contributed by atoms with Gasteiger partial charge in [-0.2, -0.15) is 0 Å². The molecular weight excluding hydrogens is 498 g/mol. The number of aliphatic hydroxyl groups excluding tert-OH is 1. The van der Waals surface area contributed by atoms with Gasteiger partial charge in [0, 0.05) is 30.8 Å². The Bertz CT molecular complexity index is 1100. The molecule has 0 radical (unpaired) electrons. The van der Waals surface area contributed by atoms with Gasteiger partial charge in [-0.1, -0.05) is 36.4 Å². The van der Waals surface area contributed by atoms with Gasteiger partial charge in [-0.3, -0.25) is 9.69 Å². The molecular formula is C30H41N3O6. The molecule has 2 aliphatic heterocycles. The molecule has 0 spiro atoms. The van der Waals surface area contributed by atoms with Crippen LogP contribution in [0.25, 0.3) is 0 Å². The fourth-order valence-corrected chi connectivity index (χ4v) is 5.04. The summed E-state index contributed by atoms with van der Waals surface area (Å²) in [4.78, 5) is 27.0. The van der Waals surface area contributed by atoms with E-state index in [0.717, 1.165) is 36.1 Å². The van der Waals surface area contributed by atoms with Crippen molar-refractivity contribution in [3.05, 3.63) is 65.2 Å². The van der Waals surface area contributed by atoms with Crippen molar-refractivity contribution >= 4 is 17.7 Å². The lowest BCUT2D eigenvalue weighted by atomic mass is 9.99. The molecule has 2 amide bonds. The second kappa shape index (κ2) is 12.9. The minimum atomic E-state index is -0.618. The number of nitrogens with one attached hydrogen (secondary N) is 2.